The maximum Gasteiger partial charge on any atom is 0.326 e. The van der Waals surface area contributed by atoms with Crippen LogP contribution in [-0.2, 0) is 16.1 Å². The number of H-pyrrole nitrogens is 1. The third kappa shape index (κ3) is 15.3. The van der Waals surface area contributed by atoms with E-state index in [-0.39, 0.29) is 48.0 Å². The smallest absolute Gasteiger partial charge is 0.326 e. The van der Waals surface area contributed by atoms with Crippen molar-refractivity contribution in [3.05, 3.63) is 52.1 Å². The lowest BCUT2D eigenvalue weighted by Crippen LogP contribution is -2.41. The Morgan fingerprint density at radius 1 is 0.840 bits per heavy atom. The zero-order valence-electron chi connectivity index (χ0n) is 29.6. The van der Waals surface area contributed by atoms with Gasteiger partial charge >= 0.3 is 5.97 Å². The predicted octanol–water partition coefficient (Wildman–Crippen LogP) is 6.25. The molecule has 0 spiro atoms. The van der Waals surface area contributed by atoms with Gasteiger partial charge in [0.25, 0.3) is 11.5 Å². The fraction of sp³-hybridized carbons (Fsp3) is 0.595. The average Bonchev–Trinajstić information content (AvgIpc) is 3.10. The number of nitrogens with two attached hydrogens (primary N) is 1. The number of anilines is 2. The van der Waals surface area contributed by atoms with Crippen LogP contribution in [-0.4, -0.2) is 55.4 Å². The Balaban J connectivity index is 1.24. The number of nitrogens with zero attached hydrogens (tertiary/aromatic N) is 3. The second kappa shape index (κ2) is 23.0. The minimum Gasteiger partial charge on any atom is -0.480 e. The molecule has 7 N–H and O–H groups in total. The normalized spacial score (nSPS) is 11.7. The van der Waals surface area contributed by atoms with Crippen LogP contribution in [0.4, 0.5) is 11.6 Å². The van der Waals surface area contributed by atoms with E-state index in [1.807, 2.05) is 0 Å². The fourth-order valence-electron chi connectivity index (χ4n) is 5.75. The zero-order chi connectivity index (χ0) is 36.0. The van der Waals surface area contributed by atoms with Gasteiger partial charge in [-0.05, 0) is 37.1 Å². The van der Waals surface area contributed by atoms with Crippen LogP contribution in [0.15, 0.2) is 35.3 Å². The van der Waals surface area contributed by atoms with Crippen molar-refractivity contribution in [2.45, 2.75) is 135 Å². The summed E-state index contributed by atoms with van der Waals surface area (Å²) in [4.78, 5) is 63.7. The lowest BCUT2D eigenvalue weighted by Gasteiger charge is -2.15. The Kier molecular flexibility index (Phi) is 18.3. The summed E-state index contributed by atoms with van der Waals surface area (Å²) in [6.07, 6.45) is 22.1. The average molecular weight is 693 g/mol. The second-order valence-corrected chi connectivity index (χ2v) is 13.0. The van der Waals surface area contributed by atoms with E-state index in [4.69, 9.17) is 5.73 Å². The summed E-state index contributed by atoms with van der Waals surface area (Å²) in [5, 5.41) is 18.2. The molecule has 2 aromatic heterocycles. The topological polar surface area (TPSA) is 205 Å². The van der Waals surface area contributed by atoms with Crippen molar-refractivity contribution in [2.75, 3.05) is 17.6 Å². The zero-order valence-corrected chi connectivity index (χ0v) is 29.6. The molecule has 1 aromatic carbocycles. The Hall–Kier alpha value is -4.55. The number of benzene rings is 1. The number of aromatic nitrogens is 4. The van der Waals surface area contributed by atoms with E-state index in [2.05, 4.69) is 42.8 Å². The van der Waals surface area contributed by atoms with Crippen molar-refractivity contribution < 1.29 is 19.5 Å². The number of amides is 2. The van der Waals surface area contributed by atoms with Crippen molar-refractivity contribution in [3.63, 3.8) is 0 Å². The standard InChI is InChI=1S/C37H56N8O5/c1-2-3-4-5-6-7-8-9-10-11-12-13-14-15-16-17-24-39-31(46)23-22-30(36(49)50)43-34(47)27-18-20-28(21-19-27)40-25-29-26-41-33-32(42-29)35(48)45-37(38)44-33/h18-21,26,30,40H,2-17,22-25H2,1H3,(H,39,46)(H,43,47)(H,49,50)(H3,38,41,44,45,48)/t30-/m0/s1. The Bertz CT molecular complexity index is 1530. The van der Waals surface area contributed by atoms with E-state index in [0.29, 0.717) is 17.9 Å². The van der Waals surface area contributed by atoms with Gasteiger partial charge in [0.15, 0.2) is 11.2 Å². The lowest BCUT2D eigenvalue weighted by atomic mass is 10.0. The number of nitrogen functional groups attached to an aromatic ring is 1. The van der Waals surface area contributed by atoms with Crippen LogP contribution in [0, 0.1) is 0 Å². The van der Waals surface area contributed by atoms with Crippen LogP contribution < -0.4 is 27.2 Å². The van der Waals surface area contributed by atoms with Gasteiger partial charge in [-0.25, -0.2) is 14.8 Å². The minimum absolute atomic E-state index is 0.00589. The van der Waals surface area contributed by atoms with Crippen LogP contribution in [0.3, 0.4) is 0 Å². The molecule has 2 amide bonds. The number of hydrogen-bond acceptors (Lipinski definition) is 9. The van der Waals surface area contributed by atoms with Crippen molar-refractivity contribution in [2.24, 2.45) is 0 Å². The number of aromatic amines is 1. The number of aliphatic carboxylic acids is 1. The number of nitrogens with one attached hydrogen (secondary N) is 4. The summed E-state index contributed by atoms with van der Waals surface area (Å²) in [5.74, 6) is -2.01. The first-order valence-corrected chi connectivity index (χ1v) is 18.4. The summed E-state index contributed by atoms with van der Waals surface area (Å²) < 4.78 is 0. The highest BCUT2D eigenvalue weighted by atomic mass is 16.4. The van der Waals surface area contributed by atoms with E-state index < -0.39 is 23.5 Å². The highest BCUT2D eigenvalue weighted by Gasteiger charge is 2.21. The van der Waals surface area contributed by atoms with E-state index in [0.717, 1.165) is 19.3 Å². The third-order valence-electron chi connectivity index (χ3n) is 8.72. The number of carbonyl (C=O) groups excluding carboxylic acids is 2. The maximum atomic E-state index is 12.8. The molecule has 13 nitrogen and oxygen atoms in total. The van der Waals surface area contributed by atoms with Crippen LogP contribution in [0.2, 0.25) is 0 Å². The molecule has 0 radical (unpaired) electrons. The molecule has 0 fully saturated rings. The fourth-order valence-corrected chi connectivity index (χ4v) is 5.75. The Morgan fingerprint density at radius 2 is 1.42 bits per heavy atom. The van der Waals surface area contributed by atoms with E-state index in [9.17, 15) is 24.3 Å². The second-order valence-electron chi connectivity index (χ2n) is 13.0. The number of carboxylic acids is 1. The number of unbranched alkanes of at least 4 members (excludes halogenated alkanes) is 15. The monoisotopic (exact) mass is 692 g/mol. The highest BCUT2D eigenvalue weighted by molar-refractivity contribution is 5.97. The molecule has 0 unspecified atom stereocenters. The molecule has 0 bridgehead atoms. The molecule has 3 aromatic rings. The van der Waals surface area contributed by atoms with Crippen molar-refractivity contribution in [3.8, 4) is 0 Å². The first kappa shape index (κ1) is 39.9. The molecule has 274 valence electrons. The van der Waals surface area contributed by atoms with Gasteiger partial charge in [-0.2, -0.15) is 4.98 Å². The van der Waals surface area contributed by atoms with Crippen LogP contribution in [0.25, 0.3) is 11.2 Å². The Labute approximate surface area is 295 Å². The van der Waals surface area contributed by atoms with Gasteiger partial charge in [0.05, 0.1) is 18.4 Å². The van der Waals surface area contributed by atoms with Crippen LogP contribution in [0.1, 0.15) is 139 Å². The molecule has 13 heteroatoms. The van der Waals surface area contributed by atoms with Crippen molar-refractivity contribution in [1.82, 2.24) is 30.6 Å². The van der Waals surface area contributed by atoms with Gasteiger partial charge in [-0.3, -0.25) is 19.4 Å². The molecule has 0 saturated heterocycles. The quantitative estimate of drug-likeness (QED) is 0.0522. The van der Waals surface area contributed by atoms with Gasteiger partial charge in [0.1, 0.15) is 6.04 Å². The third-order valence-corrected chi connectivity index (χ3v) is 8.72. The number of hydrogen-bond donors (Lipinski definition) is 6. The van der Waals surface area contributed by atoms with E-state index >= 15 is 0 Å². The maximum absolute atomic E-state index is 12.8. The lowest BCUT2D eigenvalue weighted by molar-refractivity contribution is -0.139. The summed E-state index contributed by atoms with van der Waals surface area (Å²) in [5.41, 5.74) is 6.72. The van der Waals surface area contributed by atoms with Gasteiger partial charge in [0.2, 0.25) is 11.9 Å². The van der Waals surface area contributed by atoms with Gasteiger partial charge in [-0.15, -0.1) is 0 Å². The molecule has 50 heavy (non-hydrogen) atoms. The summed E-state index contributed by atoms with van der Waals surface area (Å²) in [6, 6.07) is 5.26. The molecule has 0 aliphatic rings. The van der Waals surface area contributed by atoms with Crippen LogP contribution in [0.5, 0.6) is 0 Å². The molecule has 0 aliphatic heterocycles. The molecule has 3 rings (SSSR count). The number of rotatable bonds is 26. The molecule has 0 saturated carbocycles. The number of carbonyl (C=O) groups is 3. The summed E-state index contributed by atoms with van der Waals surface area (Å²) in [7, 11) is 0. The first-order valence-electron chi connectivity index (χ1n) is 18.4. The summed E-state index contributed by atoms with van der Waals surface area (Å²) >= 11 is 0. The number of fused-ring (bicyclic) bond motifs is 1. The molecule has 2 heterocycles. The van der Waals surface area contributed by atoms with Gasteiger partial charge in [0, 0.05) is 24.2 Å². The molecule has 0 aliphatic carbocycles. The van der Waals surface area contributed by atoms with Gasteiger partial charge < -0.3 is 26.8 Å². The largest absolute Gasteiger partial charge is 0.480 e. The van der Waals surface area contributed by atoms with Crippen LogP contribution >= 0.6 is 0 Å². The van der Waals surface area contributed by atoms with Gasteiger partial charge in [-0.1, -0.05) is 103 Å². The molecule has 1 atom stereocenters. The van der Waals surface area contributed by atoms with E-state index in [1.54, 1.807) is 24.3 Å². The SMILES string of the molecule is CCCCCCCCCCCCCCCCCCNC(=O)CC[C@H](NC(=O)c1ccc(NCc2cnc3nc(N)[nH]c(=O)c3n2)cc1)C(=O)O. The van der Waals surface area contributed by atoms with E-state index in [1.165, 1.54) is 89.7 Å². The first-order chi connectivity index (χ1) is 24.3. The number of carboxylic acid groups (broad SMARTS) is 1. The predicted molar refractivity (Wildman–Crippen MR) is 197 cm³/mol. The minimum atomic E-state index is -1.20. The highest BCUT2D eigenvalue weighted by Crippen LogP contribution is 2.15. The Morgan fingerprint density at radius 3 is 2.00 bits per heavy atom. The van der Waals surface area contributed by atoms with Crippen molar-refractivity contribution >= 4 is 40.6 Å². The molecular weight excluding hydrogens is 636 g/mol. The van der Waals surface area contributed by atoms with Crippen molar-refractivity contribution in [1.29, 1.82) is 0 Å². The molecular formula is C37H56N8O5. The summed E-state index contributed by atoms with van der Waals surface area (Å²) in [6.45, 7) is 3.08.